The van der Waals surface area contributed by atoms with Crippen LogP contribution in [0.15, 0.2) is 24.3 Å². The van der Waals surface area contributed by atoms with Crippen molar-refractivity contribution < 1.29 is 9.47 Å². The summed E-state index contributed by atoms with van der Waals surface area (Å²) in [6, 6.07) is 8.30. The molecule has 0 aliphatic heterocycles. The summed E-state index contributed by atoms with van der Waals surface area (Å²) in [5.74, 6) is 0. The van der Waals surface area contributed by atoms with Gasteiger partial charge < -0.3 is 15.2 Å². The third kappa shape index (κ3) is 3.31. The van der Waals surface area contributed by atoms with Crippen LogP contribution >= 0.6 is 0 Å². The van der Waals surface area contributed by atoms with Gasteiger partial charge in [-0.2, -0.15) is 0 Å². The van der Waals surface area contributed by atoms with Gasteiger partial charge in [-0.15, -0.1) is 0 Å². The summed E-state index contributed by atoms with van der Waals surface area (Å²) in [7, 11) is 0. The predicted octanol–water partition coefficient (Wildman–Crippen LogP) is 2.44. The van der Waals surface area contributed by atoms with E-state index in [9.17, 15) is 0 Å². The Morgan fingerprint density at radius 3 is 2.61 bits per heavy atom. The van der Waals surface area contributed by atoms with E-state index < -0.39 is 0 Å². The maximum absolute atomic E-state index is 6.19. The first-order valence-electron chi connectivity index (χ1n) is 6.56. The van der Waals surface area contributed by atoms with Crippen molar-refractivity contribution >= 4 is 0 Å². The van der Waals surface area contributed by atoms with Crippen molar-refractivity contribution in [1.29, 1.82) is 0 Å². The van der Waals surface area contributed by atoms with E-state index in [1.807, 2.05) is 26.8 Å². The van der Waals surface area contributed by atoms with E-state index in [0.29, 0.717) is 13.2 Å². The minimum absolute atomic E-state index is 0.00385. The van der Waals surface area contributed by atoms with E-state index in [1.54, 1.807) is 0 Å². The third-order valence-electron chi connectivity index (χ3n) is 3.19. The lowest BCUT2D eigenvalue weighted by atomic mass is 10.1. The third-order valence-corrected chi connectivity index (χ3v) is 3.19. The number of hydrogen-bond donors (Lipinski definition) is 1. The van der Waals surface area contributed by atoms with E-state index in [-0.39, 0.29) is 17.7 Å². The molecule has 0 fully saturated rings. The zero-order valence-corrected chi connectivity index (χ0v) is 11.5. The molecule has 1 aliphatic carbocycles. The van der Waals surface area contributed by atoms with E-state index in [0.717, 1.165) is 6.42 Å². The summed E-state index contributed by atoms with van der Waals surface area (Å²) in [6.45, 7) is 7.35. The second-order valence-corrected chi connectivity index (χ2v) is 5.80. The molecule has 0 heterocycles. The molecule has 0 aromatic heterocycles. The zero-order valence-electron chi connectivity index (χ0n) is 11.5. The van der Waals surface area contributed by atoms with Crippen LogP contribution in [0.2, 0.25) is 0 Å². The van der Waals surface area contributed by atoms with Crippen LogP contribution in [0.5, 0.6) is 0 Å². The van der Waals surface area contributed by atoms with Gasteiger partial charge in [0.25, 0.3) is 0 Å². The topological polar surface area (TPSA) is 44.5 Å². The van der Waals surface area contributed by atoms with Crippen LogP contribution < -0.4 is 5.73 Å². The van der Waals surface area contributed by atoms with E-state index in [1.165, 1.54) is 11.1 Å². The van der Waals surface area contributed by atoms with Crippen molar-refractivity contribution in [3.8, 4) is 0 Å². The molecule has 2 atom stereocenters. The van der Waals surface area contributed by atoms with Crippen LogP contribution in [-0.2, 0) is 15.9 Å². The minimum Gasteiger partial charge on any atom is -0.374 e. The Bertz CT molecular complexity index is 398. The van der Waals surface area contributed by atoms with Crippen LogP contribution in [0.3, 0.4) is 0 Å². The molecule has 18 heavy (non-hydrogen) atoms. The first-order valence-corrected chi connectivity index (χ1v) is 6.56. The summed E-state index contributed by atoms with van der Waals surface area (Å²) in [5.41, 5.74) is 8.62. The standard InChI is InChI=1S/C15H23NO2/c1-15(2,3)18-9-8-17-13-10-11-6-4-5-7-12(11)14(13)16/h4-7,13-14H,8-10,16H2,1-3H3. The minimum atomic E-state index is -0.107. The molecule has 0 spiro atoms. The average molecular weight is 249 g/mol. The fourth-order valence-corrected chi connectivity index (χ4v) is 2.30. The van der Waals surface area contributed by atoms with Gasteiger partial charge in [-0.25, -0.2) is 0 Å². The van der Waals surface area contributed by atoms with Gasteiger partial charge in [-0.05, 0) is 31.9 Å². The fourth-order valence-electron chi connectivity index (χ4n) is 2.30. The number of ether oxygens (including phenoxy) is 2. The Morgan fingerprint density at radius 2 is 1.94 bits per heavy atom. The molecule has 1 aromatic carbocycles. The molecule has 100 valence electrons. The Kier molecular flexibility index (Phi) is 4.05. The van der Waals surface area contributed by atoms with Crippen LogP contribution in [0.1, 0.15) is 37.9 Å². The molecule has 0 amide bonds. The quantitative estimate of drug-likeness (QED) is 0.834. The lowest BCUT2D eigenvalue weighted by Gasteiger charge is -2.21. The molecule has 0 saturated carbocycles. The van der Waals surface area contributed by atoms with Gasteiger partial charge in [0.2, 0.25) is 0 Å². The number of rotatable bonds is 4. The van der Waals surface area contributed by atoms with Gasteiger partial charge in [-0.3, -0.25) is 0 Å². The molecule has 1 aliphatic rings. The molecule has 3 heteroatoms. The molecule has 3 nitrogen and oxygen atoms in total. The SMILES string of the molecule is CC(C)(C)OCCOC1Cc2ccccc2C1N. The second-order valence-electron chi connectivity index (χ2n) is 5.80. The van der Waals surface area contributed by atoms with Gasteiger partial charge in [0.1, 0.15) is 0 Å². The van der Waals surface area contributed by atoms with Gasteiger partial charge in [-0.1, -0.05) is 24.3 Å². The highest BCUT2D eigenvalue weighted by atomic mass is 16.5. The highest BCUT2D eigenvalue weighted by Gasteiger charge is 2.29. The smallest absolute Gasteiger partial charge is 0.0809 e. The summed E-state index contributed by atoms with van der Waals surface area (Å²) < 4.78 is 11.5. The van der Waals surface area contributed by atoms with Crippen LogP contribution in [0.25, 0.3) is 0 Å². The number of fused-ring (bicyclic) bond motifs is 1. The Labute approximate surface area is 109 Å². The number of benzene rings is 1. The molecular weight excluding hydrogens is 226 g/mol. The molecule has 2 unspecified atom stereocenters. The Hall–Kier alpha value is -0.900. The number of nitrogens with two attached hydrogens (primary N) is 1. The first-order chi connectivity index (χ1) is 8.47. The summed E-state index contributed by atoms with van der Waals surface area (Å²) in [5, 5.41) is 0. The van der Waals surface area contributed by atoms with Crippen LogP contribution in [-0.4, -0.2) is 24.9 Å². The van der Waals surface area contributed by atoms with E-state index in [2.05, 4.69) is 18.2 Å². The van der Waals surface area contributed by atoms with Crippen molar-refractivity contribution in [3.63, 3.8) is 0 Å². The maximum Gasteiger partial charge on any atom is 0.0809 e. The van der Waals surface area contributed by atoms with Crippen molar-refractivity contribution in [3.05, 3.63) is 35.4 Å². The molecule has 0 saturated heterocycles. The lowest BCUT2D eigenvalue weighted by Crippen LogP contribution is -2.28. The predicted molar refractivity (Wildman–Crippen MR) is 72.5 cm³/mol. The second kappa shape index (κ2) is 5.39. The zero-order chi connectivity index (χ0) is 13.2. The molecule has 0 radical (unpaired) electrons. The van der Waals surface area contributed by atoms with E-state index in [4.69, 9.17) is 15.2 Å². The van der Waals surface area contributed by atoms with Gasteiger partial charge >= 0.3 is 0 Å². The highest BCUT2D eigenvalue weighted by molar-refractivity contribution is 5.36. The largest absolute Gasteiger partial charge is 0.374 e. The fraction of sp³-hybridized carbons (Fsp3) is 0.600. The first kappa shape index (κ1) is 13.5. The van der Waals surface area contributed by atoms with Gasteiger partial charge in [0.15, 0.2) is 0 Å². The molecule has 2 N–H and O–H groups in total. The summed E-state index contributed by atoms with van der Waals surface area (Å²) >= 11 is 0. The Morgan fingerprint density at radius 1 is 1.22 bits per heavy atom. The van der Waals surface area contributed by atoms with E-state index >= 15 is 0 Å². The monoisotopic (exact) mass is 249 g/mol. The lowest BCUT2D eigenvalue weighted by molar-refractivity contribution is -0.0537. The normalized spacial score (nSPS) is 23.1. The van der Waals surface area contributed by atoms with Crippen molar-refractivity contribution in [2.24, 2.45) is 5.73 Å². The van der Waals surface area contributed by atoms with Crippen LogP contribution in [0, 0.1) is 0 Å². The van der Waals surface area contributed by atoms with Gasteiger partial charge in [0.05, 0.1) is 31.0 Å². The van der Waals surface area contributed by atoms with Crippen molar-refractivity contribution in [2.75, 3.05) is 13.2 Å². The van der Waals surface area contributed by atoms with Gasteiger partial charge in [0, 0.05) is 6.42 Å². The van der Waals surface area contributed by atoms with Crippen molar-refractivity contribution in [2.45, 2.75) is 44.9 Å². The van der Waals surface area contributed by atoms with Crippen LogP contribution in [0.4, 0.5) is 0 Å². The molecule has 2 rings (SSSR count). The highest BCUT2D eigenvalue weighted by Crippen LogP contribution is 2.31. The Balaban J connectivity index is 1.80. The number of hydrogen-bond acceptors (Lipinski definition) is 3. The maximum atomic E-state index is 6.19. The summed E-state index contributed by atoms with van der Waals surface area (Å²) in [6.07, 6.45) is 0.998. The molecule has 0 bridgehead atoms. The average Bonchev–Trinajstić information content (AvgIpc) is 2.62. The molecule has 1 aromatic rings. The molecular formula is C15H23NO2. The van der Waals surface area contributed by atoms with Crippen molar-refractivity contribution in [1.82, 2.24) is 0 Å². The summed E-state index contributed by atoms with van der Waals surface area (Å²) in [4.78, 5) is 0.